The Morgan fingerprint density at radius 2 is 1.80 bits per heavy atom. The Balaban J connectivity index is 0.00000432. The number of halogens is 5. The molecule has 0 amide bonds. The van der Waals surface area contributed by atoms with Crippen LogP contribution in [0.5, 0.6) is 0 Å². The smallest absolute Gasteiger partial charge is 0.331 e. The number of terminal acetylenes is 1. The average Bonchev–Trinajstić information content (AvgIpc) is 3.24. The second-order valence-corrected chi connectivity index (χ2v) is 8.62. The van der Waals surface area contributed by atoms with E-state index in [1.54, 1.807) is 43.9 Å². The second-order valence-electron chi connectivity index (χ2n) is 7.36. The first-order valence-electron chi connectivity index (χ1n) is 9.98. The number of thioether (sulfide) groups is 1. The van der Waals surface area contributed by atoms with Gasteiger partial charge in [0.2, 0.25) is 0 Å². The van der Waals surface area contributed by atoms with Gasteiger partial charge in [0.1, 0.15) is 16.4 Å². The van der Waals surface area contributed by atoms with Gasteiger partial charge in [0.25, 0.3) is 0 Å². The number of pyridine rings is 1. The van der Waals surface area contributed by atoms with Crippen molar-refractivity contribution in [2.45, 2.75) is 31.0 Å². The molecule has 0 bridgehead atoms. The number of hydrogen-bond donors (Lipinski definition) is 0. The van der Waals surface area contributed by atoms with Crippen LogP contribution in [-0.4, -0.2) is 41.9 Å². The predicted molar refractivity (Wildman–Crippen MR) is 122 cm³/mol. The summed E-state index contributed by atoms with van der Waals surface area (Å²) in [6, 6.07) is 3.46. The predicted octanol–water partition coefficient (Wildman–Crippen LogP) is 2.70. The molecule has 0 fully saturated rings. The molecule has 35 heavy (non-hydrogen) atoms. The van der Waals surface area contributed by atoms with Crippen LogP contribution in [-0.2, 0) is 14.1 Å². The summed E-state index contributed by atoms with van der Waals surface area (Å²) in [5.74, 6) is -1.05. The molecule has 3 heterocycles. The number of allylic oxidation sites excluding steroid dienone is 1. The van der Waals surface area contributed by atoms with Crippen molar-refractivity contribution in [2.24, 2.45) is 14.1 Å². The average molecular weight is 534 g/mol. The summed E-state index contributed by atoms with van der Waals surface area (Å²) >= 11 is 1.48. The normalized spacial score (nSPS) is 12.4. The van der Waals surface area contributed by atoms with E-state index in [9.17, 15) is 22.0 Å². The first-order chi connectivity index (χ1) is 15.8. The van der Waals surface area contributed by atoms with Crippen molar-refractivity contribution in [3.05, 3.63) is 47.8 Å². The maximum atomic E-state index is 13.7. The van der Waals surface area contributed by atoms with E-state index in [1.165, 1.54) is 11.8 Å². The van der Waals surface area contributed by atoms with Crippen LogP contribution in [0.25, 0.3) is 29.1 Å². The van der Waals surface area contributed by atoms with Crippen LogP contribution in [0.1, 0.15) is 23.9 Å². The Labute approximate surface area is 247 Å². The molecule has 12 heteroatoms. The molecule has 3 rings (SSSR count). The van der Waals surface area contributed by atoms with E-state index < -0.39 is 17.7 Å². The molecule has 0 aliphatic carbocycles. The summed E-state index contributed by atoms with van der Waals surface area (Å²) in [4.78, 5) is 13.4. The largest absolute Gasteiger partial charge is 1.00 e. The molecule has 0 aliphatic rings. The van der Waals surface area contributed by atoms with Crippen LogP contribution in [0, 0.1) is 26.2 Å². The van der Waals surface area contributed by atoms with Gasteiger partial charge in [-0.3, -0.25) is 4.98 Å². The Kier molecular flexibility index (Phi) is 9.46. The minimum Gasteiger partial charge on any atom is -0.331 e. The molecule has 0 saturated carbocycles. The fourth-order valence-corrected chi connectivity index (χ4v) is 3.99. The molecule has 0 aromatic carbocycles. The maximum absolute atomic E-state index is 13.7. The van der Waals surface area contributed by atoms with Crippen molar-refractivity contribution in [1.29, 1.82) is 0 Å². The minimum atomic E-state index is -5.76. The van der Waals surface area contributed by atoms with E-state index in [4.69, 9.17) is 6.42 Å². The third-order valence-corrected chi connectivity index (χ3v) is 6.21. The van der Waals surface area contributed by atoms with E-state index in [2.05, 4.69) is 27.8 Å². The first-order valence-corrected chi connectivity index (χ1v) is 11.0. The van der Waals surface area contributed by atoms with Gasteiger partial charge < -0.3 is 9.13 Å². The third-order valence-electron chi connectivity index (χ3n) is 5.18. The van der Waals surface area contributed by atoms with E-state index >= 15 is 0 Å². The molecular weight excluding hydrogens is 512 g/mol. The fourth-order valence-electron chi connectivity index (χ4n) is 3.16. The number of nitrogens with zero attached hydrogens (tertiary/aromatic N) is 5. The zero-order chi connectivity index (χ0) is 25.4. The van der Waals surface area contributed by atoms with Crippen molar-refractivity contribution in [3.63, 3.8) is 0 Å². The van der Waals surface area contributed by atoms with E-state index in [0.717, 1.165) is 5.03 Å². The van der Waals surface area contributed by atoms with Gasteiger partial charge in [0, 0.05) is 37.2 Å². The van der Waals surface area contributed by atoms with Gasteiger partial charge in [0.05, 0.1) is 0 Å². The van der Waals surface area contributed by atoms with Crippen LogP contribution in [0.3, 0.4) is 0 Å². The Hall–Kier alpha value is -1.62. The summed E-state index contributed by atoms with van der Waals surface area (Å²) in [7, 11) is 3.43. The summed E-state index contributed by atoms with van der Waals surface area (Å²) < 4.78 is 69.0. The van der Waals surface area contributed by atoms with E-state index in [0.29, 0.717) is 46.1 Å². The van der Waals surface area contributed by atoms with Crippen LogP contribution in [0.2, 0.25) is 0 Å². The molecule has 0 unspecified atom stereocenters. The molecule has 3 aromatic rings. The van der Waals surface area contributed by atoms with Crippen LogP contribution in [0.4, 0.5) is 22.0 Å². The van der Waals surface area contributed by atoms with Crippen molar-refractivity contribution < 1.29 is 73.3 Å². The summed E-state index contributed by atoms with van der Waals surface area (Å²) in [5, 5.41) is 0.736. The Morgan fingerprint density at radius 3 is 2.31 bits per heavy atom. The van der Waals surface area contributed by atoms with Gasteiger partial charge in [-0.2, -0.15) is 28.0 Å². The topological polar surface area (TPSA) is 48.5 Å². The number of alkyl halides is 5. The number of imidazole rings is 2. The van der Waals surface area contributed by atoms with Crippen LogP contribution in [0.15, 0.2) is 28.9 Å². The van der Waals surface area contributed by atoms with Gasteiger partial charge in [-0.05, 0) is 24.8 Å². The van der Waals surface area contributed by atoms with Crippen molar-refractivity contribution >= 4 is 17.8 Å². The van der Waals surface area contributed by atoms with E-state index in [1.807, 2.05) is 11.5 Å². The Bertz CT molecular complexity index is 1280. The summed E-state index contributed by atoms with van der Waals surface area (Å²) in [5.41, 5.74) is 0.549. The van der Waals surface area contributed by atoms with Crippen LogP contribution < -0.4 is 51.4 Å². The van der Waals surface area contributed by atoms with Gasteiger partial charge in [0.15, 0.2) is 11.6 Å². The monoisotopic (exact) mass is 533 g/mol. The van der Waals surface area contributed by atoms with Gasteiger partial charge >= 0.3 is 63.5 Å². The molecular formula is C23H21F5KN5S. The SMILES string of the molecule is C#Cc1ccc(-c2nc(-c3nc(/C=C(\[CH2-])C(F)(F)C(F)(F)F)c(C)n3C)c(SCC)n2C)nc1.[K+]. The van der Waals surface area contributed by atoms with E-state index in [-0.39, 0.29) is 57.1 Å². The standard InChI is InChI=1S/C23H21F5N5S.K/c1-7-15-9-10-16(29-12-15)19-31-18(21(33(19)6)34-8-2)20-30-17(14(4)32(20)5)11-13(3)22(24,25)23(26,27)28;/h1,9-12H,3,8H2,2,4-6H3;/q-1;+1/b13-11+;. The molecule has 180 valence electrons. The fraction of sp³-hybridized carbons (Fsp3) is 0.304. The minimum absolute atomic E-state index is 0. The zero-order valence-electron chi connectivity index (χ0n) is 19.8. The van der Waals surface area contributed by atoms with Gasteiger partial charge in [-0.1, -0.05) is 12.8 Å². The molecule has 5 nitrogen and oxygen atoms in total. The quantitative estimate of drug-likeness (QED) is 0.161. The van der Waals surface area contributed by atoms with Gasteiger partial charge in [-0.15, -0.1) is 23.8 Å². The summed E-state index contributed by atoms with van der Waals surface area (Å²) in [6.45, 7) is 6.46. The maximum Gasteiger partial charge on any atom is 1.00 e. The molecule has 0 saturated heterocycles. The molecule has 0 atom stereocenters. The molecule has 0 spiro atoms. The summed E-state index contributed by atoms with van der Waals surface area (Å²) in [6.07, 6.45) is 1.83. The first kappa shape index (κ1) is 29.6. The van der Waals surface area contributed by atoms with Crippen molar-refractivity contribution in [2.75, 3.05) is 5.75 Å². The number of rotatable bonds is 6. The zero-order valence-corrected chi connectivity index (χ0v) is 23.8. The number of hydrogen-bond acceptors (Lipinski definition) is 4. The van der Waals surface area contributed by atoms with Crippen molar-refractivity contribution in [1.82, 2.24) is 24.1 Å². The molecule has 0 radical (unpaired) electrons. The van der Waals surface area contributed by atoms with Crippen LogP contribution >= 0.6 is 11.8 Å². The third kappa shape index (κ3) is 5.70. The van der Waals surface area contributed by atoms with Crippen molar-refractivity contribution in [3.8, 4) is 35.4 Å². The molecule has 0 N–H and O–H groups in total. The second kappa shape index (κ2) is 11.2. The molecule has 0 aliphatic heterocycles. The number of aromatic nitrogens is 5. The Morgan fingerprint density at radius 1 is 1.14 bits per heavy atom. The molecule has 3 aromatic heterocycles. The van der Waals surface area contributed by atoms with Gasteiger partial charge in [-0.25, -0.2) is 16.9 Å².